The molecule has 2 heterocycles. The number of carbonyl (C=O) groups is 2. The van der Waals surface area contributed by atoms with Crippen molar-refractivity contribution in [2.24, 2.45) is 0 Å². The number of thiophene rings is 1. The SMILES string of the molecule is COC(=O)C1C(=O)c2scc(-c3ccc(F)cc3)c2CN1Cc1ccc(OC)cc1OC. The summed E-state index contributed by atoms with van der Waals surface area (Å²) < 4.78 is 29.1. The number of methoxy groups -OCH3 is 3. The average Bonchev–Trinajstić information content (AvgIpc) is 3.23. The van der Waals surface area contributed by atoms with Crippen molar-refractivity contribution in [3.8, 4) is 22.6 Å². The van der Waals surface area contributed by atoms with E-state index in [0.29, 0.717) is 22.9 Å². The van der Waals surface area contributed by atoms with Crippen molar-refractivity contribution in [1.29, 1.82) is 0 Å². The van der Waals surface area contributed by atoms with Crippen molar-refractivity contribution in [2.75, 3.05) is 21.3 Å². The number of fused-ring (bicyclic) bond motifs is 1. The van der Waals surface area contributed by atoms with Gasteiger partial charge >= 0.3 is 5.97 Å². The molecule has 2 aromatic carbocycles. The maximum absolute atomic E-state index is 13.4. The van der Waals surface area contributed by atoms with Crippen LogP contribution in [0.1, 0.15) is 20.8 Å². The van der Waals surface area contributed by atoms with Crippen molar-refractivity contribution in [3.63, 3.8) is 0 Å². The second-order valence-corrected chi connectivity index (χ2v) is 8.22. The van der Waals surface area contributed by atoms with Crippen LogP contribution in [0.25, 0.3) is 11.1 Å². The van der Waals surface area contributed by atoms with Gasteiger partial charge in [0, 0.05) is 24.7 Å². The second kappa shape index (κ2) is 9.10. The first-order valence-electron chi connectivity index (χ1n) is 9.90. The molecule has 1 atom stereocenters. The van der Waals surface area contributed by atoms with E-state index in [-0.39, 0.29) is 18.1 Å². The van der Waals surface area contributed by atoms with E-state index in [0.717, 1.165) is 22.3 Å². The number of halogens is 1. The van der Waals surface area contributed by atoms with Crippen LogP contribution in [-0.4, -0.2) is 44.0 Å². The van der Waals surface area contributed by atoms with Crippen LogP contribution in [0.3, 0.4) is 0 Å². The van der Waals surface area contributed by atoms with Crippen molar-refractivity contribution < 1.29 is 28.2 Å². The van der Waals surface area contributed by atoms with Gasteiger partial charge in [-0.05, 0) is 40.3 Å². The van der Waals surface area contributed by atoms with Gasteiger partial charge in [0.1, 0.15) is 17.3 Å². The molecule has 8 heteroatoms. The van der Waals surface area contributed by atoms with E-state index in [4.69, 9.17) is 14.2 Å². The molecule has 0 spiro atoms. The Kier molecular flexibility index (Phi) is 6.25. The molecular weight excluding hydrogens is 433 g/mol. The fourth-order valence-corrected chi connectivity index (χ4v) is 4.98. The Morgan fingerprint density at radius 3 is 2.53 bits per heavy atom. The largest absolute Gasteiger partial charge is 0.497 e. The number of hydrogen-bond donors (Lipinski definition) is 0. The number of hydrogen-bond acceptors (Lipinski definition) is 7. The lowest BCUT2D eigenvalue weighted by Crippen LogP contribution is -2.49. The molecule has 6 nitrogen and oxygen atoms in total. The number of ether oxygens (including phenoxy) is 3. The minimum atomic E-state index is -1.06. The molecule has 0 fully saturated rings. The van der Waals surface area contributed by atoms with Gasteiger partial charge in [-0.1, -0.05) is 18.2 Å². The van der Waals surface area contributed by atoms with E-state index in [2.05, 4.69) is 0 Å². The molecule has 0 N–H and O–H groups in total. The van der Waals surface area contributed by atoms with Crippen LogP contribution in [0.5, 0.6) is 11.5 Å². The van der Waals surface area contributed by atoms with Crippen molar-refractivity contribution in [3.05, 3.63) is 69.7 Å². The highest BCUT2D eigenvalue weighted by atomic mass is 32.1. The summed E-state index contributed by atoms with van der Waals surface area (Å²) in [5.74, 6) is 0.000510. The van der Waals surface area contributed by atoms with Gasteiger partial charge in [-0.25, -0.2) is 9.18 Å². The summed E-state index contributed by atoms with van der Waals surface area (Å²) in [6.45, 7) is 0.642. The predicted octanol–water partition coefficient (Wildman–Crippen LogP) is 4.31. The molecular formula is C24H22FNO5S. The van der Waals surface area contributed by atoms with Crippen LogP contribution in [0.15, 0.2) is 47.8 Å². The van der Waals surface area contributed by atoms with Crippen molar-refractivity contribution in [2.45, 2.75) is 19.1 Å². The number of benzene rings is 2. The summed E-state index contributed by atoms with van der Waals surface area (Å²) in [6, 6.07) is 10.5. The molecule has 3 aromatic rings. The number of esters is 1. The first kappa shape index (κ1) is 22.0. The third kappa shape index (κ3) is 3.99. The van der Waals surface area contributed by atoms with Gasteiger partial charge in [-0.2, -0.15) is 0 Å². The second-order valence-electron chi connectivity index (χ2n) is 7.34. The van der Waals surface area contributed by atoms with Gasteiger partial charge in [0.25, 0.3) is 0 Å². The summed E-state index contributed by atoms with van der Waals surface area (Å²) in [7, 11) is 4.40. The van der Waals surface area contributed by atoms with Crippen LogP contribution in [-0.2, 0) is 22.6 Å². The highest BCUT2D eigenvalue weighted by Gasteiger charge is 2.41. The highest BCUT2D eigenvalue weighted by Crippen LogP contribution is 2.38. The standard InChI is InChI=1S/C24H22FNO5S/c1-29-17-9-6-15(20(10-17)30-2)11-26-12-18-19(14-4-7-16(25)8-5-14)13-32-23(18)22(27)21(26)24(28)31-3/h4-10,13,21H,11-12H2,1-3H3. The lowest BCUT2D eigenvalue weighted by Gasteiger charge is -2.33. The third-order valence-corrected chi connectivity index (χ3v) is 6.58. The Morgan fingerprint density at radius 1 is 1.12 bits per heavy atom. The number of carbonyl (C=O) groups excluding carboxylic acids is 2. The molecule has 0 saturated heterocycles. The summed E-state index contributed by atoms with van der Waals surface area (Å²) in [5, 5.41) is 1.88. The van der Waals surface area contributed by atoms with Gasteiger partial charge in [0.05, 0.1) is 26.2 Å². The minimum Gasteiger partial charge on any atom is -0.497 e. The van der Waals surface area contributed by atoms with Gasteiger partial charge in [-0.3, -0.25) is 9.69 Å². The molecule has 0 saturated carbocycles. The lowest BCUT2D eigenvalue weighted by molar-refractivity contribution is -0.145. The van der Waals surface area contributed by atoms with Crippen molar-refractivity contribution >= 4 is 23.1 Å². The first-order chi connectivity index (χ1) is 15.5. The topological polar surface area (TPSA) is 65.1 Å². The Bertz CT molecular complexity index is 1160. The summed E-state index contributed by atoms with van der Waals surface area (Å²) in [5.41, 5.74) is 3.29. The summed E-state index contributed by atoms with van der Waals surface area (Å²) in [6.07, 6.45) is 0. The van der Waals surface area contributed by atoms with E-state index in [1.165, 1.54) is 30.6 Å². The molecule has 1 aliphatic rings. The van der Waals surface area contributed by atoms with E-state index in [1.807, 2.05) is 11.4 Å². The van der Waals surface area contributed by atoms with Gasteiger partial charge in [-0.15, -0.1) is 11.3 Å². The molecule has 0 amide bonds. The molecule has 32 heavy (non-hydrogen) atoms. The van der Waals surface area contributed by atoms with Crippen LogP contribution < -0.4 is 9.47 Å². The Balaban J connectivity index is 1.74. The number of nitrogens with zero attached hydrogens (tertiary/aromatic N) is 1. The maximum atomic E-state index is 13.4. The zero-order valence-corrected chi connectivity index (χ0v) is 18.7. The quantitative estimate of drug-likeness (QED) is 0.408. The molecule has 1 aliphatic heterocycles. The first-order valence-corrected chi connectivity index (χ1v) is 10.8. The average molecular weight is 456 g/mol. The zero-order chi connectivity index (χ0) is 22.8. The fourth-order valence-electron chi connectivity index (χ4n) is 3.92. The van der Waals surface area contributed by atoms with Gasteiger partial charge in [0.15, 0.2) is 6.04 Å². The van der Waals surface area contributed by atoms with E-state index < -0.39 is 12.0 Å². The highest BCUT2D eigenvalue weighted by molar-refractivity contribution is 7.13. The summed E-state index contributed by atoms with van der Waals surface area (Å²) in [4.78, 5) is 28.2. The van der Waals surface area contributed by atoms with Gasteiger partial charge in [0.2, 0.25) is 5.78 Å². The Morgan fingerprint density at radius 2 is 1.88 bits per heavy atom. The van der Waals surface area contributed by atoms with Crippen LogP contribution in [0.4, 0.5) is 4.39 Å². The molecule has 0 bridgehead atoms. The number of ketones is 1. The third-order valence-electron chi connectivity index (χ3n) is 5.54. The maximum Gasteiger partial charge on any atom is 0.331 e. The smallest absolute Gasteiger partial charge is 0.331 e. The minimum absolute atomic E-state index is 0.289. The number of Topliss-reactive ketones (excluding diaryl/α,β-unsaturated/α-hetero) is 1. The fraction of sp³-hybridized carbons (Fsp3) is 0.250. The normalized spacial score (nSPS) is 15.9. The van der Waals surface area contributed by atoms with Crippen molar-refractivity contribution in [1.82, 2.24) is 4.90 Å². The predicted molar refractivity (Wildman–Crippen MR) is 119 cm³/mol. The van der Waals surface area contributed by atoms with E-state index in [9.17, 15) is 14.0 Å². The number of rotatable bonds is 6. The van der Waals surface area contributed by atoms with E-state index >= 15 is 0 Å². The Hall–Kier alpha value is -3.23. The lowest BCUT2D eigenvalue weighted by atomic mass is 9.94. The van der Waals surface area contributed by atoms with Crippen LogP contribution in [0, 0.1) is 5.82 Å². The summed E-state index contributed by atoms with van der Waals surface area (Å²) >= 11 is 1.29. The molecule has 0 aliphatic carbocycles. The van der Waals surface area contributed by atoms with Crippen LogP contribution >= 0.6 is 11.3 Å². The molecule has 0 radical (unpaired) electrons. The van der Waals surface area contributed by atoms with E-state index in [1.54, 1.807) is 43.4 Å². The van der Waals surface area contributed by atoms with Crippen LogP contribution in [0.2, 0.25) is 0 Å². The molecule has 1 unspecified atom stereocenters. The van der Waals surface area contributed by atoms with Gasteiger partial charge < -0.3 is 14.2 Å². The Labute approximate surface area is 189 Å². The monoisotopic (exact) mass is 455 g/mol. The molecule has 4 rings (SSSR count). The zero-order valence-electron chi connectivity index (χ0n) is 17.9. The molecule has 1 aromatic heterocycles. The molecule has 166 valence electrons.